The Labute approximate surface area is 175 Å². The first-order chi connectivity index (χ1) is 13.9. The monoisotopic (exact) mass is 409 g/mol. The number of rotatable bonds is 3. The van der Waals surface area contributed by atoms with E-state index in [2.05, 4.69) is 24.5 Å². The minimum absolute atomic E-state index is 0.114. The molecule has 2 aromatic rings. The van der Waals surface area contributed by atoms with Gasteiger partial charge >= 0.3 is 6.03 Å². The molecule has 152 valence electrons. The molecular weight excluding hydrogens is 382 g/mol. The summed E-state index contributed by atoms with van der Waals surface area (Å²) in [5, 5.41) is 8.54. The lowest BCUT2D eigenvalue weighted by Crippen LogP contribution is -2.44. The summed E-state index contributed by atoms with van der Waals surface area (Å²) >= 11 is 1.58. The van der Waals surface area contributed by atoms with Crippen LogP contribution in [-0.2, 0) is 4.79 Å². The third kappa shape index (κ3) is 3.69. The standard InChI is InChI=1S/C23H27N3O2S/c1-4-11-24-22(28)26-17-9-6-5-8-15(17)25-16-13-23(2,3)14-18(27)20(16)21(26)19-10-7-12-29-19/h5-10,12,21,25H,4,11,13-14H2,1-3H3,(H,24,28)/t21-/m0/s1. The second-order valence-corrected chi connectivity index (χ2v) is 9.47. The van der Waals surface area contributed by atoms with Gasteiger partial charge in [0, 0.05) is 29.1 Å². The van der Waals surface area contributed by atoms with Crippen molar-refractivity contribution in [2.75, 3.05) is 16.8 Å². The summed E-state index contributed by atoms with van der Waals surface area (Å²) in [7, 11) is 0. The first-order valence-electron chi connectivity index (χ1n) is 10.1. The van der Waals surface area contributed by atoms with Gasteiger partial charge in [0.15, 0.2) is 5.78 Å². The average molecular weight is 410 g/mol. The molecule has 5 nitrogen and oxygen atoms in total. The van der Waals surface area contributed by atoms with Crippen molar-refractivity contribution in [2.24, 2.45) is 5.41 Å². The molecule has 2 aliphatic rings. The molecule has 0 radical (unpaired) electrons. The molecule has 1 aromatic carbocycles. The smallest absolute Gasteiger partial charge is 0.322 e. The first-order valence-corrected chi connectivity index (χ1v) is 11.0. The number of hydrogen-bond acceptors (Lipinski definition) is 4. The number of carbonyl (C=O) groups is 2. The number of amides is 2. The zero-order valence-corrected chi connectivity index (χ0v) is 17.9. The maximum Gasteiger partial charge on any atom is 0.322 e. The number of anilines is 2. The summed E-state index contributed by atoms with van der Waals surface area (Å²) in [6.45, 7) is 6.87. The number of thiophene rings is 1. The highest BCUT2D eigenvalue weighted by Crippen LogP contribution is 2.48. The van der Waals surface area contributed by atoms with Gasteiger partial charge in [-0.3, -0.25) is 9.69 Å². The second-order valence-electron chi connectivity index (χ2n) is 8.50. The van der Waals surface area contributed by atoms with Gasteiger partial charge in [-0.25, -0.2) is 4.79 Å². The molecule has 2 heterocycles. The molecule has 1 aromatic heterocycles. The van der Waals surface area contributed by atoms with Crippen LogP contribution in [0.2, 0.25) is 0 Å². The highest BCUT2D eigenvalue weighted by Gasteiger charge is 2.43. The van der Waals surface area contributed by atoms with Crippen LogP contribution in [0.4, 0.5) is 16.2 Å². The normalized spacial score (nSPS) is 20.4. The van der Waals surface area contributed by atoms with E-state index in [-0.39, 0.29) is 17.2 Å². The molecule has 0 fully saturated rings. The number of carbonyl (C=O) groups excluding carboxylic acids is 2. The lowest BCUT2D eigenvalue weighted by Gasteiger charge is -2.36. The number of benzene rings is 1. The van der Waals surface area contributed by atoms with Crippen molar-refractivity contribution in [2.45, 2.75) is 46.1 Å². The Morgan fingerprint density at radius 3 is 2.76 bits per heavy atom. The van der Waals surface area contributed by atoms with Crippen molar-refractivity contribution in [1.82, 2.24) is 5.32 Å². The Kier molecular flexibility index (Phi) is 5.21. The van der Waals surface area contributed by atoms with Crippen molar-refractivity contribution < 1.29 is 9.59 Å². The van der Waals surface area contributed by atoms with E-state index in [4.69, 9.17) is 0 Å². The van der Waals surface area contributed by atoms with Gasteiger partial charge in [-0.1, -0.05) is 39.0 Å². The lowest BCUT2D eigenvalue weighted by atomic mass is 9.74. The number of fused-ring (bicyclic) bond motifs is 1. The van der Waals surface area contributed by atoms with Gasteiger partial charge in [-0.15, -0.1) is 11.3 Å². The third-order valence-corrected chi connectivity index (χ3v) is 6.38. The number of Topliss-reactive ketones (excluding diaryl/α,β-unsaturated/α-hetero) is 1. The van der Waals surface area contributed by atoms with Crippen molar-refractivity contribution in [3.63, 3.8) is 0 Å². The highest BCUT2D eigenvalue weighted by molar-refractivity contribution is 7.10. The van der Waals surface area contributed by atoms with E-state index in [9.17, 15) is 9.59 Å². The SMILES string of the molecule is CCCNC(=O)N1c2ccccc2NC2=C(C(=O)CC(C)(C)C2)[C@@H]1c1cccs1. The Bertz CT molecular complexity index is 962. The van der Waals surface area contributed by atoms with Crippen LogP contribution in [0.1, 0.15) is 51.0 Å². The molecule has 0 spiro atoms. The quantitative estimate of drug-likeness (QED) is 0.705. The molecule has 29 heavy (non-hydrogen) atoms. The van der Waals surface area contributed by atoms with Crippen molar-refractivity contribution in [3.8, 4) is 0 Å². The summed E-state index contributed by atoms with van der Waals surface area (Å²) in [6.07, 6.45) is 2.11. The molecule has 0 saturated heterocycles. The van der Waals surface area contributed by atoms with Crippen LogP contribution >= 0.6 is 11.3 Å². The van der Waals surface area contributed by atoms with Gasteiger partial charge in [0.25, 0.3) is 0 Å². The number of para-hydroxylation sites is 2. The van der Waals surface area contributed by atoms with Crippen LogP contribution in [0.15, 0.2) is 53.0 Å². The average Bonchev–Trinajstić information content (AvgIpc) is 3.15. The number of nitrogens with one attached hydrogen (secondary N) is 2. The van der Waals surface area contributed by atoms with E-state index in [0.717, 1.165) is 40.4 Å². The molecule has 4 rings (SSSR count). The molecule has 0 unspecified atom stereocenters. The van der Waals surface area contributed by atoms with E-state index < -0.39 is 6.04 Å². The van der Waals surface area contributed by atoms with E-state index in [1.165, 1.54) is 0 Å². The minimum Gasteiger partial charge on any atom is -0.357 e. The summed E-state index contributed by atoms with van der Waals surface area (Å²) in [6, 6.07) is 11.2. The minimum atomic E-state index is -0.429. The van der Waals surface area contributed by atoms with Crippen LogP contribution in [-0.4, -0.2) is 18.4 Å². The van der Waals surface area contributed by atoms with Crippen LogP contribution in [0.25, 0.3) is 0 Å². The Morgan fingerprint density at radius 1 is 1.24 bits per heavy atom. The van der Waals surface area contributed by atoms with Crippen LogP contribution in [0.3, 0.4) is 0 Å². The maximum atomic E-state index is 13.4. The predicted octanol–water partition coefficient (Wildman–Crippen LogP) is 5.48. The van der Waals surface area contributed by atoms with Crippen LogP contribution < -0.4 is 15.5 Å². The molecule has 1 atom stereocenters. The Morgan fingerprint density at radius 2 is 2.03 bits per heavy atom. The predicted molar refractivity (Wildman–Crippen MR) is 118 cm³/mol. The number of urea groups is 1. The van der Waals surface area contributed by atoms with Crippen molar-refractivity contribution in [1.29, 1.82) is 0 Å². The van der Waals surface area contributed by atoms with Gasteiger partial charge < -0.3 is 10.6 Å². The number of ketones is 1. The highest BCUT2D eigenvalue weighted by atomic mass is 32.1. The molecule has 2 N–H and O–H groups in total. The van der Waals surface area contributed by atoms with Crippen LogP contribution in [0.5, 0.6) is 0 Å². The number of hydrogen-bond donors (Lipinski definition) is 2. The van der Waals surface area contributed by atoms with E-state index in [0.29, 0.717) is 13.0 Å². The zero-order valence-electron chi connectivity index (χ0n) is 17.1. The summed E-state index contributed by atoms with van der Waals surface area (Å²) in [5.41, 5.74) is 3.19. The summed E-state index contributed by atoms with van der Waals surface area (Å²) in [4.78, 5) is 29.5. The lowest BCUT2D eigenvalue weighted by molar-refractivity contribution is -0.118. The van der Waals surface area contributed by atoms with Gasteiger partial charge in [0.2, 0.25) is 0 Å². The van der Waals surface area contributed by atoms with E-state index in [1.807, 2.05) is 48.7 Å². The number of allylic oxidation sites excluding steroid dienone is 1. The molecular formula is C23H27N3O2S. The summed E-state index contributed by atoms with van der Waals surface area (Å²) < 4.78 is 0. The number of nitrogens with zero attached hydrogens (tertiary/aromatic N) is 1. The van der Waals surface area contributed by atoms with Crippen molar-refractivity contribution >= 4 is 34.5 Å². The van der Waals surface area contributed by atoms with Gasteiger partial charge in [-0.2, -0.15) is 0 Å². The van der Waals surface area contributed by atoms with Crippen molar-refractivity contribution in [3.05, 3.63) is 57.9 Å². The third-order valence-electron chi connectivity index (χ3n) is 5.46. The van der Waals surface area contributed by atoms with Crippen LogP contribution in [0, 0.1) is 5.41 Å². The first kappa shape index (κ1) is 19.7. The largest absolute Gasteiger partial charge is 0.357 e. The topological polar surface area (TPSA) is 61.4 Å². The maximum absolute atomic E-state index is 13.4. The van der Waals surface area contributed by atoms with E-state index >= 15 is 0 Å². The Balaban J connectivity index is 1.94. The fourth-order valence-electron chi connectivity index (χ4n) is 4.24. The molecule has 0 bridgehead atoms. The molecule has 1 aliphatic heterocycles. The van der Waals surface area contributed by atoms with E-state index in [1.54, 1.807) is 16.2 Å². The fraction of sp³-hybridized carbons (Fsp3) is 0.391. The van der Waals surface area contributed by atoms with Gasteiger partial charge in [0.1, 0.15) is 6.04 Å². The molecule has 0 saturated carbocycles. The van der Waals surface area contributed by atoms with Gasteiger partial charge in [0.05, 0.1) is 11.4 Å². The molecule has 1 aliphatic carbocycles. The summed E-state index contributed by atoms with van der Waals surface area (Å²) in [5.74, 6) is 0.114. The van der Waals surface area contributed by atoms with Gasteiger partial charge in [-0.05, 0) is 41.8 Å². The zero-order chi connectivity index (χ0) is 20.6. The fourth-order valence-corrected chi connectivity index (χ4v) is 5.07. The second kappa shape index (κ2) is 7.67. The molecule has 6 heteroatoms. The molecule has 2 amide bonds. The Hall–Kier alpha value is -2.60.